The molecule has 0 aliphatic carbocycles. The number of hydrogen-bond donors (Lipinski definition) is 8. The molecular formula is C32H36FN6O13S2+. The van der Waals surface area contributed by atoms with E-state index in [9.17, 15) is 58.4 Å². The number of oxime groups is 1. The lowest BCUT2D eigenvalue weighted by molar-refractivity contribution is -0.911. The molecule has 54 heavy (non-hydrogen) atoms. The van der Waals surface area contributed by atoms with Gasteiger partial charge in [-0.05, 0) is 12.1 Å². The van der Waals surface area contributed by atoms with Crippen molar-refractivity contribution in [2.75, 3.05) is 38.5 Å². The summed E-state index contributed by atoms with van der Waals surface area (Å²) in [5, 5.41) is 57.2. The van der Waals surface area contributed by atoms with Crippen molar-refractivity contribution >= 4 is 70.5 Å². The number of quaternary nitrogens is 1. The normalized spacial score (nSPS) is 22.4. The Labute approximate surface area is 313 Å². The van der Waals surface area contributed by atoms with Crippen LogP contribution in [-0.2, 0) is 33.6 Å². The Kier molecular flexibility index (Phi) is 12.2. The van der Waals surface area contributed by atoms with E-state index in [4.69, 9.17) is 15.7 Å². The topological polar surface area (TPSA) is 296 Å². The molecule has 4 atom stereocenters. The molecular weight excluding hydrogens is 760 g/mol. The molecule has 0 radical (unpaired) electrons. The summed E-state index contributed by atoms with van der Waals surface area (Å²) in [7, 11) is 0. The first-order chi connectivity index (χ1) is 25.5. The summed E-state index contributed by atoms with van der Waals surface area (Å²) < 4.78 is 14.2. The number of rotatable bonds is 17. The van der Waals surface area contributed by atoms with Crippen LogP contribution in [0.15, 0.2) is 39.7 Å². The molecule has 0 spiro atoms. The van der Waals surface area contributed by atoms with Gasteiger partial charge in [-0.15, -0.1) is 11.8 Å². The fourth-order valence-electron chi connectivity index (χ4n) is 6.62. The average Bonchev–Trinajstić information content (AvgIpc) is 3.76. The molecule has 4 heterocycles. The van der Waals surface area contributed by atoms with E-state index >= 15 is 0 Å². The van der Waals surface area contributed by atoms with Gasteiger partial charge in [0.1, 0.15) is 17.7 Å². The average molecular weight is 796 g/mol. The molecule has 290 valence electrons. The zero-order chi connectivity index (χ0) is 39.5. The van der Waals surface area contributed by atoms with Crippen molar-refractivity contribution in [3.63, 3.8) is 0 Å². The summed E-state index contributed by atoms with van der Waals surface area (Å²) in [5.41, 5.74) is 4.57. The highest BCUT2D eigenvalue weighted by Crippen LogP contribution is 2.46. The highest BCUT2D eigenvalue weighted by molar-refractivity contribution is 8.03. The van der Waals surface area contributed by atoms with Gasteiger partial charge in [-0.2, -0.15) is 0 Å². The van der Waals surface area contributed by atoms with Crippen LogP contribution in [0, 0.1) is 11.7 Å². The molecule has 1 aromatic carbocycles. The third-order valence-corrected chi connectivity index (χ3v) is 11.4. The number of allylic oxidation sites excluding steroid dienone is 1. The molecule has 9 N–H and O–H groups in total. The first-order valence-electron chi connectivity index (χ1n) is 16.4. The zero-order valence-electron chi connectivity index (χ0n) is 28.2. The smallest absolute Gasteiger partial charge is 0.352 e. The Bertz CT molecular complexity index is 1860. The zero-order valence-corrected chi connectivity index (χ0v) is 29.9. The minimum absolute atomic E-state index is 0.0127. The number of fused-ring (bicyclic) bond motifs is 1. The Hall–Kier alpha value is -5.19. The van der Waals surface area contributed by atoms with Crippen molar-refractivity contribution in [1.29, 1.82) is 0 Å². The predicted octanol–water partition coefficient (Wildman–Crippen LogP) is -0.304. The van der Waals surface area contributed by atoms with Crippen LogP contribution in [0.4, 0.5) is 4.39 Å². The molecule has 5 rings (SSSR count). The first kappa shape index (κ1) is 40.0. The Balaban J connectivity index is 1.27. The van der Waals surface area contributed by atoms with Gasteiger partial charge in [-0.3, -0.25) is 28.9 Å². The lowest BCUT2D eigenvalue weighted by Crippen LogP contribution is -2.63. The molecule has 0 aromatic heterocycles. The van der Waals surface area contributed by atoms with E-state index in [-0.39, 0.29) is 36.8 Å². The molecule has 0 bridgehead atoms. The number of Topliss-reactive ketones (excluding diaryl/α,β-unsaturated/α-hetero) is 2. The van der Waals surface area contributed by atoms with Crippen molar-refractivity contribution in [1.82, 2.24) is 15.5 Å². The number of aliphatic carboxylic acids is 3. The first-order valence-corrected chi connectivity index (χ1v) is 18.4. The number of phenols is 2. The number of carbonyl (C=O) groups is 7. The maximum absolute atomic E-state index is 13.8. The van der Waals surface area contributed by atoms with Crippen molar-refractivity contribution in [3.05, 3.63) is 45.9 Å². The van der Waals surface area contributed by atoms with Crippen LogP contribution >= 0.6 is 23.5 Å². The van der Waals surface area contributed by atoms with Gasteiger partial charge >= 0.3 is 17.9 Å². The number of nitrogens with one attached hydrogen (secondary N) is 2. The second-order valence-corrected chi connectivity index (χ2v) is 15.0. The lowest BCUT2D eigenvalue weighted by Gasteiger charge is -2.50. The number of nitrogens with zero attached hydrogens (tertiary/aromatic N) is 3. The Morgan fingerprint density at radius 1 is 1.13 bits per heavy atom. The number of phenolic OH excluding ortho intramolecular Hbond substituents is 2. The highest BCUT2D eigenvalue weighted by atomic mass is 32.2. The molecule has 0 saturated carbocycles. The van der Waals surface area contributed by atoms with Crippen LogP contribution in [0.25, 0.3) is 0 Å². The Morgan fingerprint density at radius 2 is 1.83 bits per heavy atom. The van der Waals surface area contributed by atoms with Crippen molar-refractivity contribution in [2.45, 2.75) is 42.7 Å². The van der Waals surface area contributed by atoms with Crippen LogP contribution in [-0.4, -0.2) is 137 Å². The minimum Gasteiger partial charge on any atom is -0.504 e. The molecule has 1 aromatic rings. The standard InChI is InChI=1S/C32H35FN6O13S2/c33-17-7-14(8-20(41)26(17)45)25(44)27(46)35-3-6-39(4-1-2-5-39)11-15-12-53-29-16(28(47)38(29)24(15)31(50)51)9-19(40)23(18-13-54-32(34)36-18)37-52-21(30(48)49)10-22(42)43/h7-8,13,16,21,29,32,36H,1-6,9-12,34H2,(H5-,35,37,40,41,42,43,44,45,46,48,49,50,51)/p+1/t16-,21+,29-,32?/m1/s1. The fraction of sp³-hybridized carbons (Fsp3) is 0.438. The van der Waals surface area contributed by atoms with Gasteiger partial charge in [0, 0.05) is 41.6 Å². The van der Waals surface area contributed by atoms with E-state index in [2.05, 4.69) is 15.8 Å². The summed E-state index contributed by atoms with van der Waals surface area (Å²) in [5.74, 6) is -12.1. The van der Waals surface area contributed by atoms with Crippen LogP contribution < -0.4 is 16.4 Å². The molecule has 2 saturated heterocycles. The van der Waals surface area contributed by atoms with E-state index in [1.165, 1.54) is 17.2 Å². The summed E-state index contributed by atoms with van der Waals surface area (Å²) in [6.45, 7) is 1.71. The maximum atomic E-state index is 13.8. The van der Waals surface area contributed by atoms with Gasteiger partial charge in [0.25, 0.3) is 5.91 Å². The number of carboxylic acid groups (broad SMARTS) is 3. The number of carbonyl (C=O) groups excluding carboxylic acids is 4. The summed E-state index contributed by atoms with van der Waals surface area (Å²) >= 11 is 2.33. The van der Waals surface area contributed by atoms with Gasteiger partial charge < -0.3 is 51.2 Å². The van der Waals surface area contributed by atoms with Crippen LogP contribution in [0.3, 0.4) is 0 Å². The molecule has 1 unspecified atom stereocenters. The van der Waals surface area contributed by atoms with Gasteiger partial charge in [0.2, 0.25) is 17.8 Å². The number of carboxylic acids is 3. The van der Waals surface area contributed by atoms with Gasteiger partial charge in [0.05, 0.1) is 49.6 Å². The van der Waals surface area contributed by atoms with Gasteiger partial charge in [0.15, 0.2) is 28.8 Å². The number of hydrogen-bond acceptors (Lipinski definition) is 15. The highest BCUT2D eigenvalue weighted by Gasteiger charge is 2.55. The van der Waals surface area contributed by atoms with Crippen molar-refractivity contribution in [3.8, 4) is 11.5 Å². The predicted molar refractivity (Wildman–Crippen MR) is 186 cm³/mol. The SMILES string of the molecule is NC1NC(/C(=N/O[C@@H](CC(=O)O)C(=O)O)C(=O)C[C@@H]2C(=O)N3C(C(=O)O)=C(C[N+]4(CCNC(=O)C(=O)c5cc(O)c(O)c(F)c5)CCCC4)CS[C@H]23)=CS1. The number of likely N-dealkylation sites (tertiary alicyclic amines) is 1. The summed E-state index contributed by atoms with van der Waals surface area (Å²) in [6.07, 6.45) is -1.74. The van der Waals surface area contributed by atoms with E-state index in [0.717, 1.165) is 35.6 Å². The fourth-order valence-corrected chi connectivity index (χ4v) is 8.68. The second-order valence-electron chi connectivity index (χ2n) is 12.9. The Morgan fingerprint density at radius 3 is 2.43 bits per heavy atom. The van der Waals surface area contributed by atoms with Crippen LogP contribution in [0.1, 0.15) is 36.0 Å². The summed E-state index contributed by atoms with van der Waals surface area (Å²) in [4.78, 5) is 93.5. The minimum atomic E-state index is -1.92. The molecule has 22 heteroatoms. The number of nitrogens with two attached hydrogens (primary N) is 1. The van der Waals surface area contributed by atoms with Gasteiger partial charge in [-0.25, -0.2) is 14.0 Å². The third-order valence-electron chi connectivity index (χ3n) is 9.25. The molecule has 4 aliphatic rings. The monoisotopic (exact) mass is 795 g/mol. The number of β-lactam (4-membered cyclic amide) rings is 1. The molecule has 2 amide bonds. The largest absolute Gasteiger partial charge is 0.504 e. The van der Waals surface area contributed by atoms with Crippen LogP contribution in [0.5, 0.6) is 11.5 Å². The number of aromatic hydroxyl groups is 2. The quantitative estimate of drug-likeness (QED) is 0.0191. The third kappa shape index (κ3) is 8.61. The van der Waals surface area contributed by atoms with E-state index in [0.29, 0.717) is 29.2 Å². The molecule has 19 nitrogen and oxygen atoms in total. The number of ketones is 2. The number of benzene rings is 1. The van der Waals surface area contributed by atoms with Crippen molar-refractivity contribution in [2.24, 2.45) is 16.8 Å². The van der Waals surface area contributed by atoms with Crippen LogP contribution in [0.2, 0.25) is 0 Å². The summed E-state index contributed by atoms with van der Waals surface area (Å²) in [6, 6.07) is 1.39. The second kappa shape index (κ2) is 16.4. The van der Waals surface area contributed by atoms with E-state index in [1.807, 2.05) is 0 Å². The number of amides is 2. The number of halogens is 1. The molecule has 2 fully saturated rings. The van der Waals surface area contributed by atoms with Crippen molar-refractivity contribution < 1.29 is 72.8 Å². The van der Waals surface area contributed by atoms with E-state index in [1.54, 1.807) is 0 Å². The lowest BCUT2D eigenvalue weighted by atomic mass is 9.89. The van der Waals surface area contributed by atoms with Gasteiger partial charge in [-0.1, -0.05) is 16.9 Å². The molecule has 4 aliphatic heterocycles. The van der Waals surface area contributed by atoms with E-state index < -0.39 is 106 Å². The maximum Gasteiger partial charge on any atom is 0.352 e. The number of thioether (sulfide) groups is 2.